The van der Waals surface area contributed by atoms with Crippen LogP contribution in [0.25, 0.3) is 22.3 Å². The SMILES string of the molecule is CCCCCCCc1ccc(-c2ccc(-c3ccc(C4CCC(C5CCC(CCCCC)CC5)CC4)cc3F)cc2)c(F)c1F. The van der Waals surface area contributed by atoms with Crippen LogP contribution in [0.15, 0.2) is 54.6 Å². The van der Waals surface area contributed by atoms with Crippen molar-refractivity contribution in [3.63, 3.8) is 0 Å². The molecule has 0 spiro atoms. The van der Waals surface area contributed by atoms with Crippen LogP contribution in [-0.4, -0.2) is 0 Å². The molecule has 0 atom stereocenters. The van der Waals surface area contributed by atoms with E-state index in [0.29, 0.717) is 29.0 Å². The van der Waals surface area contributed by atoms with Gasteiger partial charge in [0.25, 0.3) is 0 Å². The summed E-state index contributed by atoms with van der Waals surface area (Å²) in [6, 6.07) is 16.3. The highest BCUT2D eigenvalue weighted by molar-refractivity contribution is 5.71. The molecule has 0 saturated heterocycles. The minimum atomic E-state index is -0.797. The molecule has 0 aliphatic heterocycles. The van der Waals surface area contributed by atoms with Crippen molar-refractivity contribution in [2.24, 2.45) is 17.8 Å². The van der Waals surface area contributed by atoms with Gasteiger partial charge in [-0.1, -0.05) is 127 Å². The van der Waals surface area contributed by atoms with Gasteiger partial charge in [0.2, 0.25) is 0 Å². The van der Waals surface area contributed by atoms with Crippen molar-refractivity contribution in [1.29, 1.82) is 0 Å². The quantitative estimate of drug-likeness (QED) is 0.158. The van der Waals surface area contributed by atoms with Crippen molar-refractivity contribution < 1.29 is 13.2 Å². The summed E-state index contributed by atoms with van der Waals surface area (Å²) in [5.74, 6) is 1.41. The third kappa shape index (κ3) is 8.83. The largest absolute Gasteiger partial charge is 0.206 e. The number of unbranched alkanes of at least 4 members (excludes halogenated alkanes) is 6. The molecular weight excluding hydrogens is 561 g/mol. The van der Waals surface area contributed by atoms with E-state index in [9.17, 15) is 4.39 Å². The lowest BCUT2D eigenvalue weighted by Gasteiger charge is -2.38. The molecule has 0 heterocycles. The van der Waals surface area contributed by atoms with Crippen LogP contribution in [0.4, 0.5) is 13.2 Å². The van der Waals surface area contributed by atoms with E-state index < -0.39 is 11.6 Å². The van der Waals surface area contributed by atoms with Crippen LogP contribution in [0.1, 0.15) is 140 Å². The average molecular weight is 617 g/mol. The first-order valence-electron chi connectivity index (χ1n) is 18.4. The molecule has 0 amide bonds. The zero-order valence-electron chi connectivity index (χ0n) is 27.9. The number of rotatable bonds is 14. The van der Waals surface area contributed by atoms with Gasteiger partial charge in [0.05, 0.1) is 0 Å². The van der Waals surface area contributed by atoms with Crippen molar-refractivity contribution in [1.82, 2.24) is 0 Å². The molecule has 3 aromatic carbocycles. The molecule has 5 rings (SSSR count). The van der Waals surface area contributed by atoms with Crippen molar-refractivity contribution >= 4 is 0 Å². The predicted octanol–water partition coefficient (Wildman–Crippen LogP) is 13.6. The summed E-state index contributed by atoms with van der Waals surface area (Å²) >= 11 is 0. The van der Waals surface area contributed by atoms with E-state index >= 15 is 8.78 Å². The van der Waals surface area contributed by atoms with Crippen LogP contribution in [0.3, 0.4) is 0 Å². The lowest BCUT2D eigenvalue weighted by atomic mass is 9.68. The van der Waals surface area contributed by atoms with E-state index in [1.165, 1.54) is 70.6 Å². The topological polar surface area (TPSA) is 0 Å². The summed E-state index contributed by atoms with van der Waals surface area (Å²) in [5, 5.41) is 0. The molecule has 0 bridgehead atoms. The average Bonchev–Trinajstić information content (AvgIpc) is 3.07. The van der Waals surface area contributed by atoms with Crippen molar-refractivity contribution in [3.05, 3.63) is 83.2 Å². The Labute approximate surface area is 271 Å². The summed E-state index contributed by atoms with van der Waals surface area (Å²) in [6.07, 6.45) is 22.1. The Bertz CT molecular complexity index is 1330. The molecule has 3 aromatic rings. The van der Waals surface area contributed by atoms with Gasteiger partial charge in [-0.25, -0.2) is 13.2 Å². The normalized spacial score (nSPS) is 22.1. The van der Waals surface area contributed by atoms with Crippen LogP contribution in [-0.2, 0) is 6.42 Å². The first kappa shape index (κ1) is 33.8. The van der Waals surface area contributed by atoms with Crippen LogP contribution < -0.4 is 0 Å². The third-order valence-corrected chi connectivity index (χ3v) is 11.2. The highest BCUT2D eigenvalue weighted by Gasteiger charge is 2.31. The minimum Gasteiger partial charge on any atom is -0.206 e. The molecule has 2 aliphatic rings. The monoisotopic (exact) mass is 616 g/mol. The van der Waals surface area contributed by atoms with E-state index in [0.717, 1.165) is 67.4 Å². The Morgan fingerprint density at radius 1 is 0.556 bits per heavy atom. The van der Waals surface area contributed by atoms with Gasteiger partial charge < -0.3 is 0 Å². The Hall–Kier alpha value is -2.55. The maximum absolute atomic E-state index is 15.5. The van der Waals surface area contributed by atoms with Gasteiger partial charge in [-0.05, 0) is 103 Å². The van der Waals surface area contributed by atoms with Crippen molar-refractivity contribution in [2.75, 3.05) is 0 Å². The number of halogens is 3. The van der Waals surface area contributed by atoms with Gasteiger partial charge in [0.1, 0.15) is 5.82 Å². The molecule has 2 aliphatic carbocycles. The Morgan fingerprint density at radius 3 is 1.78 bits per heavy atom. The van der Waals surface area contributed by atoms with E-state index in [2.05, 4.69) is 19.9 Å². The van der Waals surface area contributed by atoms with Gasteiger partial charge in [0.15, 0.2) is 11.6 Å². The number of hydrogen-bond acceptors (Lipinski definition) is 0. The maximum atomic E-state index is 15.5. The standard InChI is InChI=1S/C42H55F3/c1-3-5-7-8-10-12-36-25-28-39(42(45)41(36)44)35-23-21-34(22-24-35)38-27-26-37(29-40(38)43)33-19-17-32(18-20-33)31-15-13-30(14-16-31)11-9-6-4-2/h21-33H,3-20H2,1-2H3. The lowest BCUT2D eigenvalue weighted by Crippen LogP contribution is -2.25. The Balaban J connectivity index is 1.15. The van der Waals surface area contributed by atoms with Gasteiger partial charge in [-0.3, -0.25) is 0 Å². The second-order valence-corrected chi connectivity index (χ2v) is 14.3. The van der Waals surface area contributed by atoms with Crippen LogP contribution >= 0.6 is 0 Å². The summed E-state index contributed by atoms with van der Waals surface area (Å²) in [6.45, 7) is 4.46. The highest BCUT2D eigenvalue weighted by Crippen LogP contribution is 2.45. The number of hydrogen-bond donors (Lipinski definition) is 0. The van der Waals surface area contributed by atoms with Crippen molar-refractivity contribution in [3.8, 4) is 22.3 Å². The second kappa shape index (κ2) is 16.8. The molecule has 0 unspecified atom stereocenters. The molecule has 0 N–H and O–H groups in total. The lowest BCUT2D eigenvalue weighted by molar-refractivity contribution is 0.155. The molecule has 3 heteroatoms. The molecule has 2 fully saturated rings. The molecule has 2 saturated carbocycles. The van der Waals surface area contributed by atoms with Crippen LogP contribution in [0, 0.1) is 35.2 Å². The molecule has 244 valence electrons. The number of aryl methyl sites for hydroxylation is 1. The first-order chi connectivity index (χ1) is 22.0. The van der Waals surface area contributed by atoms with Gasteiger partial charge >= 0.3 is 0 Å². The fourth-order valence-electron chi connectivity index (χ4n) is 8.33. The van der Waals surface area contributed by atoms with Gasteiger partial charge in [0, 0.05) is 11.1 Å². The second-order valence-electron chi connectivity index (χ2n) is 14.3. The summed E-state index contributed by atoms with van der Waals surface area (Å²) in [7, 11) is 0. The van der Waals surface area contributed by atoms with E-state index in [1.807, 2.05) is 18.2 Å². The maximum Gasteiger partial charge on any atom is 0.166 e. The molecular formula is C42H55F3. The van der Waals surface area contributed by atoms with Crippen LogP contribution in [0.2, 0.25) is 0 Å². The predicted molar refractivity (Wildman–Crippen MR) is 184 cm³/mol. The van der Waals surface area contributed by atoms with Crippen molar-refractivity contribution in [2.45, 2.75) is 135 Å². The summed E-state index contributed by atoms with van der Waals surface area (Å²) in [4.78, 5) is 0. The van der Waals surface area contributed by atoms with E-state index in [1.54, 1.807) is 30.3 Å². The molecule has 45 heavy (non-hydrogen) atoms. The van der Waals surface area contributed by atoms with E-state index in [-0.39, 0.29) is 11.4 Å². The Kier molecular flexibility index (Phi) is 12.7. The first-order valence-corrected chi connectivity index (χ1v) is 18.4. The summed E-state index contributed by atoms with van der Waals surface area (Å²) < 4.78 is 45.4. The van der Waals surface area contributed by atoms with Gasteiger partial charge in [-0.2, -0.15) is 0 Å². The fourth-order valence-corrected chi connectivity index (χ4v) is 8.33. The van der Waals surface area contributed by atoms with E-state index in [4.69, 9.17) is 0 Å². The van der Waals surface area contributed by atoms with Crippen LogP contribution in [0.5, 0.6) is 0 Å². The van der Waals surface area contributed by atoms with Gasteiger partial charge in [-0.15, -0.1) is 0 Å². The Morgan fingerprint density at radius 2 is 1.13 bits per heavy atom. The highest BCUT2D eigenvalue weighted by atomic mass is 19.2. The summed E-state index contributed by atoms with van der Waals surface area (Å²) in [5.41, 5.74) is 3.72. The zero-order valence-corrected chi connectivity index (χ0v) is 27.9. The zero-order chi connectivity index (χ0) is 31.6. The smallest absolute Gasteiger partial charge is 0.166 e. The molecule has 0 nitrogen and oxygen atoms in total. The minimum absolute atomic E-state index is 0.204. The third-order valence-electron chi connectivity index (χ3n) is 11.2. The molecule has 0 aromatic heterocycles. The molecule has 0 radical (unpaired) electrons. The fraction of sp³-hybridized carbons (Fsp3) is 0.571. The number of benzene rings is 3.